The minimum absolute atomic E-state index is 0.107. The van der Waals surface area contributed by atoms with Crippen LogP contribution in [-0.4, -0.2) is 30.9 Å². The summed E-state index contributed by atoms with van der Waals surface area (Å²) in [6.07, 6.45) is 0.107. The lowest BCUT2D eigenvalue weighted by atomic mass is 9.99. The van der Waals surface area contributed by atoms with E-state index in [1.807, 2.05) is 50.2 Å². The second kappa shape index (κ2) is 8.43. The number of nitrogens with zero attached hydrogens (tertiary/aromatic N) is 2. The predicted octanol–water partition coefficient (Wildman–Crippen LogP) is 4.53. The summed E-state index contributed by atoms with van der Waals surface area (Å²) in [5.41, 5.74) is 5.70. The summed E-state index contributed by atoms with van der Waals surface area (Å²) in [6.45, 7) is 4.09. The van der Waals surface area contributed by atoms with E-state index < -0.39 is 0 Å². The standard InChI is InChI=1S/C26H23N3O4/c1-16-7-9-19(17(2)11-16)21-13-26(31)29(22-6-4-3-5-20(22)28-21)14-25(30)27-18-8-10-23-24(12-18)33-15-32-23/h3-12H,13-15H2,1-2H3,(H,27,30). The Bertz CT molecular complexity index is 1300. The van der Waals surface area contributed by atoms with Gasteiger partial charge in [-0.2, -0.15) is 0 Å². The van der Waals surface area contributed by atoms with Gasteiger partial charge < -0.3 is 19.7 Å². The Hall–Kier alpha value is -4.13. The molecule has 0 spiro atoms. The molecule has 3 aromatic rings. The van der Waals surface area contributed by atoms with Gasteiger partial charge in [-0.15, -0.1) is 0 Å². The molecule has 1 N–H and O–H groups in total. The first-order chi connectivity index (χ1) is 16.0. The molecule has 0 saturated carbocycles. The molecular formula is C26H23N3O4. The Morgan fingerprint density at radius 3 is 2.70 bits per heavy atom. The van der Waals surface area contributed by atoms with Gasteiger partial charge in [0.2, 0.25) is 18.6 Å². The third-order valence-corrected chi connectivity index (χ3v) is 5.70. The monoisotopic (exact) mass is 441 g/mol. The molecule has 0 saturated heterocycles. The smallest absolute Gasteiger partial charge is 0.244 e. The van der Waals surface area contributed by atoms with Crippen LogP contribution in [0.1, 0.15) is 23.1 Å². The van der Waals surface area contributed by atoms with E-state index in [0.29, 0.717) is 34.3 Å². The molecule has 7 heteroatoms. The Morgan fingerprint density at radius 1 is 1.03 bits per heavy atom. The number of fused-ring (bicyclic) bond motifs is 2. The summed E-state index contributed by atoms with van der Waals surface area (Å²) in [5.74, 6) is 0.725. The fourth-order valence-electron chi connectivity index (χ4n) is 4.13. The largest absolute Gasteiger partial charge is 0.454 e. The number of para-hydroxylation sites is 2. The molecule has 0 aliphatic carbocycles. The summed E-state index contributed by atoms with van der Waals surface area (Å²) < 4.78 is 10.7. The fraction of sp³-hybridized carbons (Fsp3) is 0.192. The summed E-state index contributed by atoms with van der Waals surface area (Å²) in [4.78, 5) is 32.5. The van der Waals surface area contributed by atoms with Crippen molar-refractivity contribution in [2.75, 3.05) is 23.6 Å². The zero-order valence-electron chi connectivity index (χ0n) is 18.4. The molecule has 5 rings (SSSR count). The average molecular weight is 441 g/mol. The molecule has 0 aromatic heterocycles. The molecule has 0 radical (unpaired) electrons. The molecule has 0 unspecified atom stereocenters. The first-order valence-electron chi connectivity index (χ1n) is 10.7. The maximum atomic E-state index is 13.3. The van der Waals surface area contributed by atoms with Crippen LogP contribution in [0.25, 0.3) is 0 Å². The zero-order valence-corrected chi connectivity index (χ0v) is 18.4. The number of carbonyl (C=O) groups is 2. The maximum Gasteiger partial charge on any atom is 0.244 e. The minimum Gasteiger partial charge on any atom is -0.454 e. The molecule has 33 heavy (non-hydrogen) atoms. The number of anilines is 2. The van der Waals surface area contributed by atoms with E-state index >= 15 is 0 Å². The number of ether oxygens (including phenoxy) is 2. The summed E-state index contributed by atoms with van der Waals surface area (Å²) in [6, 6.07) is 18.7. The van der Waals surface area contributed by atoms with Crippen molar-refractivity contribution in [3.05, 3.63) is 77.4 Å². The topological polar surface area (TPSA) is 80.2 Å². The molecule has 2 heterocycles. The summed E-state index contributed by atoms with van der Waals surface area (Å²) in [7, 11) is 0. The highest BCUT2D eigenvalue weighted by molar-refractivity contribution is 6.19. The molecule has 2 aliphatic heterocycles. The zero-order chi connectivity index (χ0) is 22.9. The fourth-order valence-corrected chi connectivity index (χ4v) is 4.13. The molecular weight excluding hydrogens is 418 g/mol. The number of aliphatic imine (C=N–C) groups is 1. The quantitative estimate of drug-likeness (QED) is 0.645. The van der Waals surface area contributed by atoms with Crippen LogP contribution in [0.15, 0.2) is 65.7 Å². The van der Waals surface area contributed by atoms with Gasteiger partial charge in [-0.3, -0.25) is 14.6 Å². The summed E-state index contributed by atoms with van der Waals surface area (Å²) in [5, 5.41) is 2.84. The lowest BCUT2D eigenvalue weighted by Crippen LogP contribution is -2.38. The van der Waals surface area contributed by atoms with Crippen molar-refractivity contribution in [3.63, 3.8) is 0 Å². The third kappa shape index (κ3) is 4.17. The van der Waals surface area contributed by atoms with Crippen LogP contribution < -0.4 is 19.7 Å². The van der Waals surface area contributed by atoms with Crippen LogP contribution in [0.3, 0.4) is 0 Å². The van der Waals surface area contributed by atoms with Crippen LogP contribution in [0.2, 0.25) is 0 Å². The van der Waals surface area contributed by atoms with Crippen molar-refractivity contribution in [1.82, 2.24) is 0 Å². The van der Waals surface area contributed by atoms with Gasteiger partial charge >= 0.3 is 0 Å². The molecule has 0 fully saturated rings. The molecule has 2 aliphatic rings. The van der Waals surface area contributed by atoms with Crippen molar-refractivity contribution >= 4 is 34.6 Å². The summed E-state index contributed by atoms with van der Waals surface area (Å²) >= 11 is 0. The van der Waals surface area contributed by atoms with E-state index in [9.17, 15) is 9.59 Å². The number of benzene rings is 3. The number of amides is 2. The van der Waals surface area contributed by atoms with Crippen molar-refractivity contribution < 1.29 is 19.1 Å². The minimum atomic E-state index is -0.313. The van der Waals surface area contributed by atoms with Crippen LogP contribution in [0, 0.1) is 13.8 Å². The molecule has 2 amide bonds. The van der Waals surface area contributed by atoms with Gasteiger partial charge in [-0.1, -0.05) is 35.9 Å². The molecule has 166 valence electrons. The second-order valence-electron chi connectivity index (χ2n) is 8.14. The van der Waals surface area contributed by atoms with Crippen LogP contribution in [0.5, 0.6) is 11.5 Å². The SMILES string of the molecule is Cc1ccc(C2=Nc3ccccc3N(CC(=O)Nc3ccc4c(c3)OCO4)C(=O)C2)c(C)c1. The van der Waals surface area contributed by atoms with Crippen molar-refractivity contribution in [2.24, 2.45) is 4.99 Å². The van der Waals surface area contributed by atoms with E-state index in [4.69, 9.17) is 14.5 Å². The van der Waals surface area contributed by atoms with Gasteiger partial charge in [0.25, 0.3) is 0 Å². The van der Waals surface area contributed by atoms with E-state index in [-0.39, 0.29) is 31.6 Å². The van der Waals surface area contributed by atoms with E-state index in [2.05, 4.69) is 11.4 Å². The highest BCUT2D eigenvalue weighted by atomic mass is 16.7. The van der Waals surface area contributed by atoms with Gasteiger partial charge in [0.1, 0.15) is 6.54 Å². The van der Waals surface area contributed by atoms with Gasteiger partial charge in [-0.25, -0.2) is 0 Å². The highest BCUT2D eigenvalue weighted by Gasteiger charge is 2.27. The molecule has 3 aromatic carbocycles. The number of hydrogen-bond donors (Lipinski definition) is 1. The van der Waals surface area contributed by atoms with Crippen LogP contribution in [0.4, 0.5) is 17.1 Å². The third-order valence-electron chi connectivity index (χ3n) is 5.70. The van der Waals surface area contributed by atoms with Gasteiger partial charge in [0.15, 0.2) is 11.5 Å². The van der Waals surface area contributed by atoms with Gasteiger partial charge in [0, 0.05) is 11.8 Å². The molecule has 7 nitrogen and oxygen atoms in total. The van der Waals surface area contributed by atoms with E-state index in [1.165, 1.54) is 4.90 Å². The van der Waals surface area contributed by atoms with Crippen molar-refractivity contribution in [1.29, 1.82) is 0 Å². The number of nitrogens with one attached hydrogen (secondary N) is 1. The molecule has 0 bridgehead atoms. The first kappa shape index (κ1) is 20.8. The number of carbonyl (C=O) groups excluding carboxylic acids is 2. The van der Waals surface area contributed by atoms with Gasteiger partial charge in [0.05, 0.1) is 23.5 Å². The van der Waals surface area contributed by atoms with Crippen LogP contribution in [-0.2, 0) is 9.59 Å². The number of hydrogen-bond acceptors (Lipinski definition) is 5. The van der Waals surface area contributed by atoms with Crippen molar-refractivity contribution in [3.8, 4) is 11.5 Å². The van der Waals surface area contributed by atoms with Gasteiger partial charge in [-0.05, 0) is 49.2 Å². The Kier molecular flexibility index (Phi) is 5.30. The van der Waals surface area contributed by atoms with E-state index in [1.54, 1.807) is 18.2 Å². The van der Waals surface area contributed by atoms with Crippen LogP contribution >= 0.6 is 0 Å². The average Bonchev–Trinajstić information content (AvgIpc) is 3.20. The first-order valence-corrected chi connectivity index (χ1v) is 10.7. The van der Waals surface area contributed by atoms with Crippen molar-refractivity contribution in [2.45, 2.75) is 20.3 Å². The molecule has 0 atom stereocenters. The Balaban J connectivity index is 1.40. The lowest BCUT2D eigenvalue weighted by molar-refractivity contribution is -0.120. The van der Waals surface area contributed by atoms with E-state index in [0.717, 1.165) is 16.7 Å². The highest BCUT2D eigenvalue weighted by Crippen LogP contribution is 2.35. The normalized spacial score (nSPS) is 14.4. The Labute approximate surface area is 191 Å². The maximum absolute atomic E-state index is 13.3. The number of rotatable bonds is 4. The number of aryl methyl sites for hydroxylation is 2. The second-order valence-corrected chi connectivity index (χ2v) is 8.14. The lowest BCUT2D eigenvalue weighted by Gasteiger charge is -2.22. The predicted molar refractivity (Wildman–Crippen MR) is 127 cm³/mol. The Morgan fingerprint density at radius 2 is 1.85 bits per heavy atom.